The number of nitrogen functional groups attached to an aromatic ring is 1. The molecule has 1 aliphatic heterocycles. The molecule has 3 aromatic heterocycles. The summed E-state index contributed by atoms with van der Waals surface area (Å²) < 4.78 is 41.0. The Morgan fingerprint density at radius 2 is 1.87 bits per heavy atom. The van der Waals surface area contributed by atoms with Gasteiger partial charge in [-0.25, -0.2) is 15.0 Å². The van der Waals surface area contributed by atoms with E-state index in [1.165, 1.54) is 12.8 Å². The maximum absolute atomic E-state index is 13.0. The number of anilines is 2. The summed E-state index contributed by atoms with van der Waals surface area (Å²) in [5.41, 5.74) is 7.87. The first-order valence-electron chi connectivity index (χ1n) is 13.1. The van der Waals surface area contributed by atoms with Crippen molar-refractivity contribution < 1.29 is 18.0 Å². The van der Waals surface area contributed by atoms with E-state index in [0.29, 0.717) is 11.5 Å². The summed E-state index contributed by atoms with van der Waals surface area (Å²) in [6, 6.07) is 8.38. The molecule has 0 spiro atoms. The zero-order valence-electron chi connectivity index (χ0n) is 21.2. The van der Waals surface area contributed by atoms with Gasteiger partial charge in [0.15, 0.2) is 0 Å². The van der Waals surface area contributed by atoms with Gasteiger partial charge in [0.25, 0.3) is 5.91 Å². The molecule has 1 aliphatic carbocycles. The molecule has 1 saturated heterocycles. The molecule has 3 N–H and O–H groups in total. The fourth-order valence-corrected chi connectivity index (χ4v) is 5.32. The number of carbonyl (C=O) groups is 1. The monoisotopic (exact) mass is 535 g/mol. The van der Waals surface area contributed by atoms with Crippen molar-refractivity contribution >= 4 is 23.1 Å². The van der Waals surface area contributed by atoms with E-state index in [0.717, 1.165) is 73.6 Å². The van der Waals surface area contributed by atoms with Crippen LogP contribution in [-0.2, 0) is 6.18 Å². The molecule has 4 heterocycles. The Balaban J connectivity index is 1.26. The van der Waals surface area contributed by atoms with E-state index in [9.17, 15) is 18.0 Å². The van der Waals surface area contributed by atoms with E-state index < -0.39 is 17.6 Å². The normalized spacial score (nSPS) is 18.4. The van der Waals surface area contributed by atoms with Crippen molar-refractivity contribution in [3.8, 4) is 11.3 Å². The number of aromatic nitrogens is 4. The number of nitrogens with zero attached hydrogens (tertiary/aromatic N) is 5. The van der Waals surface area contributed by atoms with E-state index in [2.05, 4.69) is 20.2 Å². The second-order valence-corrected chi connectivity index (χ2v) is 10.4. The Morgan fingerprint density at radius 3 is 2.62 bits per heavy atom. The molecule has 0 radical (unpaired) electrons. The van der Waals surface area contributed by atoms with E-state index >= 15 is 0 Å². The first-order chi connectivity index (χ1) is 18.8. The number of fused-ring (bicyclic) bond motifs is 1. The van der Waals surface area contributed by atoms with Crippen LogP contribution in [0.3, 0.4) is 0 Å². The SMILES string of the molecule is Nc1nccn2c(C3CCCN(CC4CC4)C3)nc(-c3ccc(C(=O)Nc4cc(C(F)(F)F)ccn4)cc3)c12. The average molecular weight is 536 g/mol. The summed E-state index contributed by atoms with van der Waals surface area (Å²) in [7, 11) is 0. The number of alkyl halides is 3. The number of pyridine rings is 1. The number of rotatable bonds is 6. The van der Waals surface area contributed by atoms with Crippen LogP contribution < -0.4 is 11.1 Å². The summed E-state index contributed by atoms with van der Waals surface area (Å²) in [6.45, 7) is 3.22. The number of hydrogen-bond acceptors (Lipinski definition) is 6. The van der Waals surface area contributed by atoms with Gasteiger partial charge in [0.1, 0.15) is 28.7 Å². The van der Waals surface area contributed by atoms with Crippen LogP contribution in [0.2, 0.25) is 0 Å². The zero-order valence-corrected chi connectivity index (χ0v) is 21.2. The first kappa shape index (κ1) is 25.3. The summed E-state index contributed by atoms with van der Waals surface area (Å²) in [4.78, 5) is 28.4. The van der Waals surface area contributed by atoms with Crippen molar-refractivity contribution in [2.24, 2.45) is 5.92 Å². The zero-order chi connectivity index (χ0) is 27.1. The van der Waals surface area contributed by atoms with E-state index in [1.807, 2.05) is 10.6 Å². The third kappa shape index (κ3) is 5.31. The van der Waals surface area contributed by atoms with Gasteiger partial charge in [-0.3, -0.25) is 9.20 Å². The molecule has 39 heavy (non-hydrogen) atoms. The lowest BCUT2D eigenvalue weighted by atomic mass is 9.97. The smallest absolute Gasteiger partial charge is 0.382 e. The third-order valence-corrected chi connectivity index (χ3v) is 7.44. The van der Waals surface area contributed by atoms with Gasteiger partial charge in [-0.05, 0) is 62.4 Å². The Kier molecular flexibility index (Phi) is 6.46. The highest BCUT2D eigenvalue weighted by molar-refractivity contribution is 6.04. The summed E-state index contributed by atoms with van der Waals surface area (Å²) >= 11 is 0. The minimum atomic E-state index is -4.53. The van der Waals surface area contributed by atoms with Gasteiger partial charge in [-0.2, -0.15) is 13.2 Å². The topological polar surface area (TPSA) is 101 Å². The van der Waals surface area contributed by atoms with Crippen LogP contribution in [0.15, 0.2) is 55.0 Å². The van der Waals surface area contributed by atoms with Gasteiger partial charge in [0.05, 0.1) is 5.56 Å². The number of carbonyl (C=O) groups excluding carboxylic acids is 1. The largest absolute Gasteiger partial charge is 0.416 e. The average Bonchev–Trinajstić information content (AvgIpc) is 3.65. The van der Waals surface area contributed by atoms with Crippen LogP contribution >= 0.6 is 0 Å². The number of imidazole rings is 1. The summed E-state index contributed by atoms with van der Waals surface area (Å²) in [6.07, 6.45) is 4.86. The fraction of sp³-hybridized carbons (Fsp3) is 0.357. The molecule has 1 aromatic carbocycles. The van der Waals surface area contributed by atoms with E-state index in [-0.39, 0.29) is 17.3 Å². The third-order valence-electron chi connectivity index (χ3n) is 7.44. The second-order valence-electron chi connectivity index (χ2n) is 10.4. The molecule has 202 valence electrons. The van der Waals surface area contributed by atoms with Crippen LogP contribution in [0.25, 0.3) is 16.8 Å². The number of piperidine rings is 1. The maximum atomic E-state index is 13.0. The van der Waals surface area contributed by atoms with Crippen molar-refractivity contribution in [2.75, 3.05) is 30.7 Å². The quantitative estimate of drug-likeness (QED) is 0.351. The molecule has 2 aliphatic rings. The number of nitrogens with one attached hydrogen (secondary N) is 1. The standard InChI is InChI=1S/C28H28F3N7O/c29-28(30,31)21-9-10-33-22(14-21)35-27(39)19-7-5-18(6-8-19)23-24-25(32)34-11-13-38(24)26(36-23)20-2-1-12-37(16-20)15-17-3-4-17/h5-11,13-14,17,20H,1-4,12,15-16H2,(H2,32,34)(H,33,35,39). The lowest BCUT2D eigenvalue weighted by molar-refractivity contribution is -0.137. The Hall–Kier alpha value is -3.99. The van der Waals surface area contributed by atoms with Gasteiger partial charge in [0, 0.05) is 48.7 Å². The minimum absolute atomic E-state index is 0.175. The highest BCUT2D eigenvalue weighted by Crippen LogP contribution is 2.36. The number of halogens is 3. The molecule has 6 rings (SSSR count). The van der Waals surface area contributed by atoms with Crippen LogP contribution in [0.5, 0.6) is 0 Å². The van der Waals surface area contributed by atoms with Gasteiger partial charge < -0.3 is 16.0 Å². The van der Waals surface area contributed by atoms with Gasteiger partial charge >= 0.3 is 6.18 Å². The molecule has 1 saturated carbocycles. The molecule has 1 atom stereocenters. The predicted octanol–water partition coefficient (Wildman–Crippen LogP) is 5.23. The second kappa shape index (κ2) is 9.96. The van der Waals surface area contributed by atoms with Crippen molar-refractivity contribution in [3.63, 3.8) is 0 Å². The van der Waals surface area contributed by atoms with Crippen LogP contribution in [0.4, 0.5) is 24.8 Å². The summed E-state index contributed by atoms with van der Waals surface area (Å²) in [5, 5.41) is 2.43. The predicted molar refractivity (Wildman–Crippen MR) is 141 cm³/mol. The van der Waals surface area contributed by atoms with Gasteiger partial charge in [0.2, 0.25) is 0 Å². The van der Waals surface area contributed by atoms with E-state index in [4.69, 9.17) is 10.7 Å². The molecule has 2 fully saturated rings. The minimum Gasteiger partial charge on any atom is -0.382 e. The number of likely N-dealkylation sites (tertiary alicyclic amines) is 1. The maximum Gasteiger partial charge on any atom is 0.416 e. The first-order valence-corrected chi connectivity index (χ1v) is 13.1. The van der Waals surface area contributed by atoms with Crippen molar-refractivity contribution in [1.29, 1.82) is 0 Å². The molecule has 4 aromatic rings. The summed E-state index contributed by atoms with van der Waals surface area (Å²) in [5.74, 6) is 1.68. The molecular weight excluding hydrogens is 507 g/mol. The fourth-order valence-electron chi connectivity index (χ4n) is 5.32. The number of nitrogens with two attached hydrogens (primary N) is 1. The van der Waals surface area contributed by atoms with Crippen molar-refractivity contribution in [2.45, 2.75) is 37.8 Å². The highest BCUT2D eigenvalue weighted by Gasteiger charge is 2.32. The van der Waals surface area contributed by atoms with Crippen LogP contribution in [0.1, 0.15) is 53.3 Å². The van der Waals surface area contributed by atoms with Crippen molar-refractivity contribution in [3.05, 3.63) is 71.9 Å². The van der Waals surface area contributed by atoms with Crippen LogP contribution in [-0.4, -0.2) is 49.8 Å². The Morgan fingerprint density at radius 1 is 1.08 bits per heavy atom. The number of amides is 1. The van der Waals surface area contributed by atoms with Gasteiger partial charge in [-0.15, -0.1) is 0 Å². The molecular formula is C28H28F3N7O. The molecule has 1 unspecified atom stereocenters. The lowest BCUT2D eigenvalue weighted by Crippen LogP contribution is -2.36. The number of benzene rings is 1. The molecule has 0 bridgehead atoms. The molecule has 11 heteroatoms. The highest BCUT2D eigenvalue weighted by atomic mass is 19.4. The van der Waals surface area contributed by atoms with E-state index in [1.54, 1.807) is 30.5 Å². The number of hydrogen-bond donors (Lipinski definition) is 2. The Labute approximate surface area is 223 Å². The Bertz CT molecular complexity index is 1510. The lowest BCUT2D eigenvalue weighted by Gasteiger charge is -2.32. The van der Waals surface area contributed by atoms with Gasteiger partial charge in [-0.1, -0.05) is 12.1 Å². The van der Waals surface area contributed by atoms with Crippen molar-refractivity contribution in [1.82, 2.24) is 24.3 Å². The molecule has 1 amide bonds. The van der Waals surface area contributed by atoms with Crippen LogP contribution in [0, 0.1) is 5.92 Å². The molecule has 8 nitrogen and oxygen atoms in total.